The number of nitrogens with zero attached hydrogens (tertiary/aromatic N) is 3. The van der Waals surface area contributed by atoms with Gasteiger partial charge in [-0.1, -0.05) is 54.9 Å². The van der Waals surface area contributed by atoms with Crippen molar-refractivity contribution in [1.82, 2.24) is 20.2 Å². The molecule has 2 amide bonds. The summed E-state index contributed by atoms with van der Waals surface area (Å²) in [5.74, 6) is 0.312. The van der Waals surface area contributed by atoms with Crippen LogP contribution in [0.5, 0.6) is 0 Å². The third kappa shape index (κ3) is 6.01. The smallest absolute Gasteiger partial charge is 0.307 e. The Morgan fingerprint density at radius 2 is 1.93 bits per heavy atom. The van der Waals surface area contributed by atoms with Crippen LogP contribution in [0.4, 0.5) is 0 Å². The predicted molar refractivity (Wildman–Crippen MR) is 160 cm³/mol. The number of halogens is 1. The highest BCUT2D eigenvalue weighted by Crippen LogP contribution is 2.40. The summed E-state index contributed by atoms with van der Waals surface area (Å²) in [5, 5.41) is 3.52. The Morgan fingerprint density at radius 1 is 1.14 bits per heavy atom. The van der Waals surface area contributed by atoms with Gasteiger partial charge in [0.2, 0.25) is 5.91 Å². The van der Waals surface area contributed by atoms with Gasteiger partial charge in [-0.15, -0.1) is 0 Å². The molecular weight excluding hydrogens is 568 g/mol. The van der Waals surface area contributed by atoms with Crippen LogP contribution in [0.2, 0.25) is 5.02 Å². The van der Waals surface area contributed by atoms with Gasteiger partial charge in [0.15, 0.2) is 0 Å². The van der Waals surface area contributed by atoms with Gasteiger partial charge < -0.3 is 19.7 Å². The average molecular weight is 603 g/mol. The van der Waals surface area contributed by atoms with Crippen LogP contribution >= 0.6 is 11.6 Å². The Balaban J connectivity index is 1.25. The van der Waals surface area contributed by atoms with E-state index in [0.717, 1.165) is 44.5 Å². The molecule has 1 aromatic heterocycles. The highest BCUT2D eigenvalue weighted by atomic mass is 35.5. The van der Waals surface area contributed by atoms with E-state index in [1.807, 2.05) is 30.3 Å². The number of esters is 1. The Labute approximate surface area is 255 Å². The summed E-state index contributed by atoms with van der Waals surface area (Å²) < 4.78 is 10.4. The van der Waals surface area contributed by atoms with Crippen molar-refractivity contribution in [3.05, 3.63) is 81.8 Å². The topological polar surface area (TPSA) is 111 Å². The van der Waals surface area contributed by atoms with E-state index >= 15 is 0 Å². The van der Waals surface area contributed by atoms with E-state index in [1.165, 1.54) is 17.6 Å². The van der Waals surface area contributed by atoms with Gasteiger partial charge in [0.1, 0.15) is 12.4 Å². The van der Waals surface area contributed by atoms with Gasteiger partial charge in [0.05, 0.1) is 36.3 Å². The minimum Gasteiger partial charge on any atom is -0.469 e. The number of carbonyl (C=O) groups excluding carboxylic acids is 3. The summed E-state index contributed by atoms with van der Waals surface area (Å²) in [7, 11) is 1.31. The highest BCUT2D eigenvalue weighted by molar-refractivity contribution is 6.32. The maximum Gasteiger partial charge on any atom is 0.307 e. The fourth-order valence-electron chi connectivity index (χ4n) is 6.59. The molecule has 1 N–H and O–H groups in total. The van der Waals surface area contributed by atoms with Crippen molar-refractivity contribution < 1.29 is 23.9 Å². The van der Waals surface area contributed by atoms with Gasteiger partial charge in [0, 0.05) is 37.0 Å². The van der Waals surface area contributed by atoms with Crippen LogP contribution in [0.1, 0.15) is 71.1 Å². The first-order chi connectivity index (χ1) is 20.8. The molecule has 3 aliphatic rings. The monoisotopic (exact) mass is 602 g/mol. The highest BCUT2D eigenvalue weighted by Gasteiger charge is 2.40. The Hall–Kier alpha value is -3.82. The second kappa shape index (κ2) is 12.4. The molecule has 6 rings (SSSR count). The molecule has 10 heteroatoms. The molecule has 0 radical (unpaired) electrons. The van der Waals surface area contributed by atoms with Crippen molar-refractivity contribution in [3.63, 3.8) is 0 Å². The second-order valence-electron chi connectivity index (χ2n) is 11.7. The molecular formula is C33H35ClN4O5. The van der Waals surface area contributed by atoms with Crippen LogP contribution in [0, 0.1) is 11.8 Å². The van der Waals surface area contributed by atoms with E-state index in [4.69, 9.17) is 26.1 Å². The van der Waals surface area contributed by atoms with Crippen LogP contribution in [-0.2, 0) is 31.9 Å². The maximum atomic E-state index is 13.8. The SMILES string of the molecule is COC(=O)CC1c2ccc(-c3nc(CC4CCOCC4)ncc3Cl)cc2C(=O)N1CC(=O)N[C@H]1c2ccccc2C[C@H]1C. The number of ether oxygens (including phenoxy) is 2. The zero-order valence-electron chi connectivity index (χ0n) is 24.3. The molecule has 1 fully saturated rings. The first-order valence-electron chi connectivity index (χ1n) is 14.8. The zero-order valence-corrected chi connectivity index (χ0v) is 25.1. The molecule has 0 spiro atoms. The lowest BCUT2D eigenvalue weighted by Gasteiger charge is -2.26. The third-order valence-corrected chi connectivity index (χ3v) is 9.16. The number of hydrogen-bond acceptors (Lipinski definition) is 7. The molecule has 43 heavy (non-hydrogen) atoms. The maximum absolute atomic E-state index is 13.8. The average Bonchev–Trinajstić information content (AvgIpc) is 3.46. The molecule has 3 heterocycles. The molecule has 224 valence electrons. The van der Waals surface area contributed by atoms with Crippen molar-refractivity contribution in [1.29, 1.82) is 0 Å². The minimum absolute atomic E-state index is 0.0615. The standard InChI is InChI=1S/C33H35ClN4O5/c1-19-13-21-5-3-4-6-23(21)31(19)37-29(39)18-38-27(16-30(40)42-2)24-8-7-22(15-25(24)33(38)41)32-26(34)17-35-28(36-32)14-20-9-11-43-12-10-20/h3-8,15,17,19-20,27,31H,9-14,16,18H2,1-2H3,(H,37,39)/t19-,27?,31-/m1/s1. The molecule has 0 bridgehead atoms. The fraction of sp³-hybridized carbons (Fsp3) is 0.424. The van der Waals surface area contributed by atoms with Crippen molar-refractivity contribution >= 4 is 29.4 Å². The van der Waals surface area contributed by atoms with E-state index in [9.17, 15) is 14.4 Å². The van der Waals surface area contributed by atoms with Crippen molar-refractivity contribution in [2.75, 3.05) is 26.9 Å². The summed E-state index contributed by atoms with van der Waals surface area (Å²) in [6.45, 7) is 3.41. The molecule has 0 saturated carbocycles. The van der Waals surface area contributed by atoms with E-state index in [1.54, 1.807) is 12.3 Å². The first-order valence-corrected chi connectivity index (χ1v) is 15.2. The lowest BCUT2D eigenvalue weighted by Crippen LogP contribution is -2.41. The van der Waals surface area contributed by atoms with Crippen LogP contribution in [-0.4, -0.2) is 59.5 Å². The molecule has 3 aromatic rings. The van der Waals surface area contributed by atoms with Gasteiger partial charge in [0.25, 0.3) is 5.91 Å². The molecule has 1 unspecified atom stereocenters. The van der Waals surface area contributed by atoms with Gasteiger partial charge in [-0.05, 0) is 53.9 Å². The van der Waals surface area contributed by atoms with Gasteiger partial charge >= 0.3 is 5.97 Å². The van der Waals surface area contributed by atoms with E-state index in [-0.39, 0.29) is 36.7 Å². The van der Waals surface area contributed by atoms with E-state index < -0.39 is 12.0 Å². The summed E-state index contributed by atoms with van der Waals surface area (Å²) in [6.07, 6.45) is 5.08. The number of aromatic nitrogens is 2. The number of amides is 2. The zero-order chi connectivity index (χ0) is 30.1. The Bertz CT molecular complexity index is 1560. The summed E-state index contributed by atoms with van der Waals surface area (Å²) in [4.78, 5) is 50.3. The molecule has 2 aromatic carbocycles. The van der Waals surface area contributed by atoms with E-state index in [2.05, 4.69) is 23.3 Å². The first kappa shape index (κ1) is 29.3. The quantitative estimate of drug-likeness (QED) is 0.366. The normalized spacial score (nSPS) is 21.4. The van der Waals surface area contributed by atoms with Crippen molar-refractivity contribution in [3.8, 4) is 11.3 Å². The van der Waals surface area contributed by atoms with Gasteiger partial charge in [-0.3, -0.25) is 14.4 Å². The minimum atomic E-state index is -0.631. The number of carbonyl (C=O) groups is 3. The van der Waals surface area contributed by atoms with Gasteiger partial charge in [-0.2, -0.15) is 0 Å². The van der Waals surface area contributed by atoms with Crippen molar-refractivity contribution in [2.45, 2.75) is 51.1 Å². The fourth-order valence-corrected chi connectivity index (χ4v) is 6.79. The Kier molecular flexibility index (Phi) is 8.45. The number of rotatable bonds is 8. The summed E-state index contributed by atoms with van der Waals surface area (Å²) in [6, 6.07) is 12.8. The lowest BCUT2D eigenvalue weighted by molar-refractivity contribution is -0.142. The number of fused-ring (bicyclic) bond motifs is 2. The number of benzene rings is 2. The molecule has 9 nitrogen and oxygen atoms in total. The molecule has 3 atom stereocenters. The van der Waals surface area contributed by atoms with Crippen LogP contribution in [0.15, 0.2) is 48.7 Å². The largest absolute Gasteiger partial charge is 0.469 e. The van der Waals surface area contributed by atoms with Crippen LogP contribution < -0.4 is 5.32 Å². The number of hydrogen-bond donors (Lipinski definition) is 1. The van der Waals surface area contributed by atoms with Crippen molar-refractivity contribution in [2.24, 2.45) is 11.8 Å². The third-order valence-electron chi connectivity index (χ3n) is 8.88. The number of methoxy groups -OCH3 is 1. The van der Waals surface area contributed by atoms with Crippen LogP contribution in [0.3, 0.4) is 0 Å². The number of nitrogens with one attached hydrogen (secondary N) is 1. The van der Waals surface area contributed by atoms with E-state index in [0.29, 0.717) is 39.1 Å². The molecule has 1 saturated heterocycles. The second-order valence-corrected chi connectivity index (χ2v) is 12.1. The Morgan fingerprint density at radius 3 is 2.72 bits per heavy atom. The molecule has 1 aliphatic carbocycles. The van der Waals surface area contributed by atoms with Crippen LogP contribution in [0.25, 0.3) is 11.3 Å². The predicted octanol–water partition coefficient (Wildman–Crippen LogP) is 4.88. The summed E-state index contributed by atoms with van der Waals surface area (Å²) >= 11 is 6.55. The lowest BCUT2D eigenvalue weighted by atomic mass is 9.96. The molecule has 2 aliphatic heterocycles. The summed E-state index contributed by atoms with van der Waals surface area (Å²) in [5.41, 5.74) is 4.63. The van der Waals surface area contributed by atoms with Gasteiger partial charge in [-0.25, -0.2) is 9.97 Å².